The third-order valence-electron chi connectivity index (χ3n) is 4.29. The Kier molecular flexibility index (Phi) is 11.0. The molecule has 2 N–H and O–H groups in total. The molecular formula is C21H34IN5O. The maximum atomic E-state index is 6.06. The zero-order chi connectivity index (χ0) is 19.6. The van der Waals surface area contributed by atoms with Crippen LogP contribution in [0.2, 0.25) is 0 Å². The second-order valence-corrected chi connectivity index (χ2v) is 7.30. The van der Waals surface area contributed by atoms with Gasteiger partial charge in [0.25, 0.3) is 0 Å². The Morgan fingerprint density at radius 2 is 2.00 bits per heavy atom. The first-order valence-corrected chi connectivity index (χ1v) is 9.62. The molecule has 7 heteroatoms. The van der Waals surface area contributed by atoms with E-state index < -0.39 is 0 Å². The van der Waals surface area contributed by atoms with Gasteiger partial charge in [0.15, 0.2) is 5.96 Å². The highest BCUT2D eigenvalue weighted by molar-refractivity contribution is 14.0. The van der Waals surface area contributed by atoms with Crippen molar-refractivity contribution >= 4 is 29.9 Å². The minimum Gasteiger partial charge on any atom is -0.493 e. The van der Waals surface area contributed by atoms with E-state index in [1.807, 2.05) is 19.4 Å². The molecular weight excluding hydrogens is 465 g/mol. The molecule has 0 atom stereocenters. The maximum Gasteiger partial charge on any atom is 0.191 e. The average molecular weight is 499 g/mol. The number of guanidine groups is 1. The van der Waals surface area contributed by atoms with E-state index in [-0.39, 0.29) is 24.0 Å². The van der Waals surface area contributed by atoms with Crippen LogP contribution in [0.4, 0.5) is 0 Å². The van der Waals surface area contributed by atoms with Gasteiger partial charge in [-0.3, -0.25) is 9.67 Å². The van der Waals surface area contributed by atoms with Crippen molar-refractivity contribution in [2.75, 3.05) is 13.7 Å². The molecule has 1 aromatic heterocycles. The summed E-state index contributed by atoms with van der Waals surface area (Å²) in [7, 11) is 3.69. The first-order valence-electron chi connectivity index (χ1n) is 9.62. The molecule has 28 heavy (non-hydrogen) atoms. The van der Waals surface area contributed by atoms with E-state index in [0.29, 0.717) is 19.0 Å². The molecule has 0 unspecified atom stereocenters. The fourth-order valence-corrected chi connectivity index (χ4v) is 2.76. The molecule has 2 rings (SSSR count). The fraction of sp³-hybridized carbons (Fsp3) is 0.524. The van der Waals surface area contributed by atoms with Gasteiger partial charge >= 0.3 is 0 Å². The van der Waals surface area contributed by atoms with Crippen LogP contribution >= 0.6 is 24.0 Å². The van der Waals surface area contributed by atoms with Crippen LogP contribution in [0.1, 0.15) is 43.4 Å². The number of aromatic nitrogens is 2. The normalized spacial score (nSPS) is 11.3. The summed E-state index contributed by atoms with van der Waals surface area (Å²) in [5.74, 6) is 2.42. The molecule has 0 spiro atoms. The van der Waals surface area contributed by atoms with Crippen LogP contribution in [0.3, 0.4) is 0 Å². The number of hydrogen-bond acceptors (Lipinski definition) is 3. The van der Waals surface area contributed by atoms with Gasteiger partial charge in [0.2, 0.25) is 0 Å². The molecule has 0 saturated heterocycles. The first kappa shape index (κ1) is 24.3. The Labute approximate surface area is 186 Å². The number of rotatable bonds is 9. The van der Waals surface area contributed by atoms with E-state index in [4.69, 9.17) is 4.74 Å². The van der Waals surface area contributed by atoms with Gasteiger partial charge in [-0.2, -0.15) is 5.10 Å². The van der Waals surface area contributed by atoms with Gasteiger partial charge < -0.3 is 15.4 Å². The molecule has 0 bridgehead atoms. The number of nitrogens with zero attached hydrogens (tertiary/aromatic N) is 3. The van der Waals surface area contributed by atoms with Crippen LogP contribution in [0.5, 0.6) is 5.75 Å². The molecule has 1 heterocycles. The van der Waals surface area contributed by atoms with E-state index in [9.17, 15) is 0 Å². The summed E-state index contributed by atoms with van der Waals surface area (Å²) in [4.78, 5) is 4.29. The van der Waals surface area contributed by atoms with Crippen molar-refractivity contribution in [2.24, 2.45) is 18.0 Å². The average Bonchev–Trinajstić information content (AvgIpc) is 3.05. The number of aryl methyl sites for hydroxylation is 2. The highest BCUT2D eigenvalue weighted by atomic mass is 127. The van der Waals surface area contributed by atoms with Crippen LogP contribution in [0, 0.1) is 12.8 Å². The molecule has 1 aromatic carbocycles. The van der Waals surface area contributed by atoms with Crippen molar-refractivity contribution in [3.8, 4) is 5.75 Å². The standard InChI is InChI=1S/C21H33N5O.HI/c1-16(2)7-6-10-27-20-11-17(3)8-9-19(20)14-24-21(22-4)23-12-18-13-25-26(5)15-18;/h8-9,11,13,15-16H,6-7,10,12,14H2,1-5H3,(H2,22,23,24);1H. The third-order valence-corrected chi connectivity index (χ3v) is 4.29. The Hall–Kier alpha value is -1.77. The topological polar surface area (TPSA) is 63.5 Å². The van der Waals surface area contributed by atoms with E-state index in [1.54, 1.807) is 11.7 Å². The number of nitrogens with one attached hydrogen (secondary N) is 2. The van der Waals surface area contributed by atoms with E-state index in [0.717, 1.165) is 35.9 Å². The summed E-state index contributed by atoms with van der Waals surface area (Å²) in [6, 6.07) is 6.34. The van der Waals surface area contributed by atoms with Gasteiger partial charge in [-0.1, -0.05) is 26.0 Å². The van der Waals surface area contributed by atoms with Crippen LogP contribution in [0.25, 0.3) is 0 Å². The molecule has 0 amide bonds. The molecule has 0 saturated carbocycles. The van der Waals surface area contributed by atoms with E-state index in [2.05, 4.69) is 59.7 Å². The maximum absolute atomic E-state index is 6.06. The lowest BCUT2D eigenvalue weighted by molar-refractivity contribution is 0.294. The van der Waals surface area contributed by atoms with Crippen LogP contribution in [0.15, 0.2) is 35.6 Å². The van der Waals surface area contributed by atoms with Crippen LogP contribution in [-0.4, -0.2) is 29.4 Å². The summed E-state index contributed by atoms with van der Waals surface area (Å²) in [6.07, 6.45) is 6.10. The van der Waals surface area contributed by atoms with Crippen molar-refractivity contribution in [3.05, 3.63) is 47.3 Å². The number of ether oxygens (including phenoxy) is 1. The number of hydrogen-bond donors (Lipinski definition) is 2. The summed E-state index contributed by atoms with van der Waals surface area (Å²) in [5.41, 5.74) is 3.45. The summed E-state index contributed by atoms with van der Waals surface area (Å²) >= 11 is 0. The summed E-state index contributed by atoms with van der Waals surface area (Å²) < 4.78 is 7.85. The highest BCUT2D eigenvalue weighted by Gasteiger charge is 2.07. The fourth-order valence-electron chi connectivity index (χ4n) is 2.76. The zero-order valence-electron chi connectivity index (χ0n) is 17.7. The molecule has 0 radical (unpaired) electrons. The van der Waals surface area contributed by atoms with Crippen molar-refractivity contribution in [3.63, 3.8) is 0 Å². The van der Waals surface area contributed by atoms with Crippen molar-refractivity contribution in [1.82, 2.24) is 20.4 Å². The van der Waals surface area contributed by atoms with Crippen LogP contribution < -0.4 is 15.4 Å². The Morgan fingerprint density at radius 3 is 2.64 bits per heavy atom. The highest BCUT2D eigenvalue weighted by Crippen LogP contribution is 2.21. The number of aliphatic imine (C=N–C) groups is 1. The molecule has 0 aliphatic heterocycles. The molecule has 0 aliphatic carbocycles. The van der Waals surface area contributed by atoms with Gasteiger partial charge in [-0.05, 0) is 37.3 Å². The molecule has 156 valence electrons. The van der Waals surface area contributed by atoms with Gasteiger partial charge in [0.05, 0.1) is 12.8 Å². The zero-order valence-corrected chi connectivity index (χ0v) is 20.0. The van der Waals surface area contributed by atoms with Gasteiger partial charge in [0, 0.05) is 44.5 Å². The van der Waals surface area contributed by atoms with Crippen molar-refractivity contribution in [2.45, 2.75) is 46.7 Å². The Balaban J connectivity index is 0.00000392. The SMILES string of the molecule is CN=C(NCc1cnn(C)c1)NCc1ccc(C)cc1OCCCC(C)C.I. The van der Waals surface area contributed by atoms with Gasteiger partial charge in [-0.15, -0.1) is 24.0 Å². The monoisotopic (exact) mass is 499 g/mol. The quantitative estimate of drug-likeness (QED) is 0.237. The van der Waals surface area contributed by atoms with E-state index >= 15 is 0 Å². The Morgan fingerprint density at radius 1 is 1.25 bits per heavy atom. The molecule has 0 fully saturated rings. The molecule has 0 aliphatic rings. The lowest BCUT2D eigenvalue weighted by Gasteiger charge is -2.15. The number of benzene rings is 1. The molecule has 6 nitrogen and oxygen atoms in total. The third kappa shape index (κ3) is 8.50. The summed E-state index contributed by atoms with van der Waals surface area (Å²) in [5, 5.41) is 10.9. The first-order chi connectivity index (χ1) is 13.0. The summed E-state index contributed by atoms with van der Waals surface area (Å²) in [6.45, 7) is 8.67. The predicted molar refractivity (Wildman–Crippen MR) is 126 cm³/mol. The smallest absolute Gasteiger partial charge is 0.191 e. The minimum absolute atomic E-state index is 0. The van der Waals surface area contributed by atoms with Crippen LogP contribution in [-0.2, 0) is 20.1 Å². The van der Waals surface area contributed by atoms with E-state index in [1.165, 1.54) is 12.0 Å². The second kappa shape index (κ2) is 12.6. The van der Waals surface area contributed by atoms with Crippen molar-refractivity contribution < 1.29 is 4.74 Å². The second-order valence-electron chi connectivity index (χ2n) is 7.30. The number of halogens is 1. The minimum atomic E-state index is 0. The van der Waals surface area contributed by atoms with Gasteiger partial charge in [0.1, 0.15) is 5.75 Å². The molecule has 2 aromatic rings. The van der Waals surface area contributed by atoms with Gasteiger partial charge in [-0.25, -0.2) is 0 Å². The van der Waals surface area contributed by atoms with Crippen molar-refractivity contribution in [1.29, 1.82) is 0 Å². The largest absolute Gasteiger partial charge is 0.493 e. The Bertz CT molecular complexity index is 742. The lowest BCUT2D eigenvalue weighted by atomic mass is 10.1. The predicted octanol–water partition coefficient (Wildman–Crippen LogP) is 4.03. The lowest BCUT2D eigenvalue weighted by Crippen LogP contribution is -2.36.